The molecule has 0 saturated heterocycles. The predicted molar refractivity (Wildman–Crippen MR) is 145 cm³/mol. The van der Waals surface area contributed by atoms with Crippen LogP contribution in [-0.2, 0) is 4.43 Å². The van der Waals surface area contributed by atoms with Crippen molar-refractivity contribution in [2.75, 3.05) is 0 Å². The van der Waals surface area contributed by atoms with Crippen LogP contribution in [0.2, 0.25) is 16.6 Å². The lowest BCUT2D eigenvalue weighted by Crippen LogP contribution is -2.49. The molecule has 0 bridgehead atoms. The second-order valence-electron chi connectivity index (χ2n) is 10.2. The van der Waals surface area contributed by atoms with Gasteiger partial charge < -0.3 is 4.43 Å². The summed E-state index contributed by atoms with van der Waals surface area (Å²) in [7, 11) is -2.25. The summed E-state index contributed by atoms with van der Waals surface area (Å²) in [6.45, 7) is 13.8. The minimum absolute atomic E-state index is 0.0872. The summed E-state index contributed by atoms with van der Waals surface area (Å²) >= 11 is 0. The van der Waals surface area contributed by atoms with Gasteiger partial charge in [0.1, 0.15) is 0 Å². The van der Waals surface area contributed by atoms with Crippen molar-refractivity contribution in [1.82, 2.24) is 0 Å². The Bertz CT molecular complexity index is 980. The zero-order chi connectivity index (χ0) is 24.7. The minimum Gasteiger partial charge on any atom is -0.408 e. The molecule has 0 aliphatic rings. The van der Waals surface area contributed by atoms with Gasteiger partial charge in [0.2, 0.25) is 8.32 Å². The van der Waals surface area contributed by atoms with Crippen LogP contribution < -0.4 is 0 Å². The van der Waals surface area contributed by atoms with E-state index >= 15 is 0 Å². The molecule has 178 valence electrons. The zero-order valence-corrected chi connectivity index (χ0v) is 22.5. The maximum Gasteiger partial charge on any atom is 0.201 e. The SMILES string of the molecule is CC(C)[Si](OC(c1ccccc1)C(C#N)C(c1ccccc1)c1ccccc1)(C(C)C)C(C)C. The number of hydrogen-bond donors (Lipinski definition) is 0. The van der Waals surface area contributed by atoms with E-state index in [9.17, 15) is 5.26 Å². The highest BCUT2D eigenvalue weighted by Gasteiger charge is 2.49. The molecule has 2 atom stereocenters. The van der Waals surface area contributed by atoms with Crippen molar-refractivity contribution in [2.45, 2.75) is 70.2 Å². The van der Waals surface area contributed by atoms with Crippen LogP contribution in [0, 0.1) is 17.2 Å². The molecule has 0 amide bonds. The van der Waals surface area contributed by atoms with Crippen molar-refractivity contribution in [1.29, 1.82) is 5.26 Å². The van der Waals surface area contributed by atoms with E-state index in [0.717, 1.165) is 16.7 Å². The smallest absolute Gasteiger partial charge is 0.201 e. The van der Waals surface area contributed by atoms with Crippen molar-refractivity contribution in [3.05, 3.63) is 108 Å². The molecule has 0 aliphatic carbocycles. The lowest BCUT2D eigenvalue weighted by atomic mass is 9.77. The molecule has 2 nitrogen and oxygen atoms in total. The van der Waals surface area contributed by atoms with E-state index in [1.54, 1.807) is 0 Å². The third-order valence-electron chi connectivity index (χ3n) is 7.32. The molecule has 0 radical (unpaired) electrons. The van der Waals surface area contributed by atoms with Gasteiger partial charge in [-0.15, -0.1) is 0 Å². The van der Waals surface area contributed by atoms with Crippen molar-refractivity contribution < 1.29 is 4.43 Å². The number of hydrogen-bond acceptors (Lipinski definition) is 2. The van der Waals surface area contributed by atoms with Crippen molar-refractivity contribution in [3.63, 3.8) is 0 Å². The van der Waals surface area contributed by atoms with E-state index in [0.29, 0.717) is 16.6 Å². The number of nitriles is 1. The van der Waals surface area contributed by atoms with Gasteiger partial charge in [0.05, 0.1) is 18.1 Å². The molecule has 0 fully saturated rings. The second-order valence-corrected chi connectivity index (χ2v) is 15.6. The molecule has 0 heterocycles. The van der Waals surface area contributed by atoms with Crippen LogP contribution in [0.15, 0.2) is 91.0 Å². The van der Waals surface area contributed by atoms with Gasteiger partial charge in [-0.2, -0.15) is 5.26 Å². The number of rotatable bonds is 10. The largest absolute Gasteiger partial charge is 0.408 e. The van der Waals surface area contributed by atoms with E-state index in [-0.39, 0.29) is 17.9 Å². The third-order valence-corrected chi connectivity index (χ3v) is 13.4. The predicted octanol–water partition coefficient (Wildman–Crippen LogP) is 8.89. The van der Waals surface area contributed by atoms with Crippen molar-refractivity contribution in [3.8, 4) is 6.07 Å². The van der Waals surface area contributed by atoms with E-state index < -0.39 is 8.32 Å². The monoisotopic (exact) mass is 469 g/mol. The standard InChI is InChI=1S/C31H39NOSi/c1-23(2)34(24(3)4,25(5)6)33-31(28-20-14-9-15-21-28)29(22-32)30(26-16-10-7-11-17-26)27-18-12-8-13-19-27/h7-21,23-25,29-31H,1-6H3. The summed E-state index contributed by atoms with van der Waals surface area (Å²) in [5.74, 6) is -0.453. The Morgan fingerprint density at radius 3 is 1.26 bits per heavy atom. The Kier molecular flexibility index (Phi) is 8.88. The summed E-state index contributed by atoms with van der Waals surface area (Å²) in [5, 5.41) is 10.7. The van der Waals surface area contributed by atoms with Gasteiger partial charge in [0.15, 0.2) is 0 Å². The Labute approximate surface area is 207 Å². The lowest BCUT2D eigenvalue weighted by Gasteiger charge is -2.46. The summed E-state index contributed by atoms with van der Waals surface area (Å²) in [6.07, 6.45) is -0.310. The molecular formula is C31H39NOSi. The molecule has 0 aliphatic heterocycles. The highest BCUT2D eigenvalue weighted by molar-refractivity contribution is 6.77. The first-order valence-corrected chi connectivity index (χ1v) is 14.7. The van der Waals surface area contributed by atoms with Gasteiger partial charge in [-0.05, 0) is 33.3 Å². The van der Waals surface area contributed by atoms with E-state index in [1.165, 1.54) is 0 Å². The van der Waals surface area contributed by atoms with Gasteiger partial charge in [0, 0.05) is 5.92 Å². The lowest BCUT2D eigenvalue weighted by molar-refractivity contribution is 0.129. The fourth-order valence-electron chi connectivity index (χ4n) is 5.86. The van der Waals surface area contributed by atoms with Crippen LogP contribution in [-0.4, -0.2) is 8.32 Å². The van der Waals surface area contributed by atoms with Crippen LogP contribution in [0.3, 0.4) is 0 Å². The second kappa shape index (κ2) is 11.6. The zero-order valence-electron chi connectivity index (χ0n) is 21.5. The topological polar surface area (TPSA) is 33.0 Å². The number of benzene rings is 3. The Morgan fingerprint density at radius 2 is 0.941 bits per heavy atom. The highest BCUT2D eigenvalue weighted by atomic mass is 28.4. The first-order chi connectivity index (χ1) is 16.3. The van der Waals surface area contributed by atoms with Crippen LogP contribution in [0.1, 0.15) is 70.3 Å². The summed E-state index contributed by atoms with van der Waals surface area (Å²) < 4.78 is 7.40. The molecule has 3 heteroatoms. The average Bonchev–Trinajstić information content (AvgIpc) is 2.84. The molecule has 0 N–H and O–H groups in total. The van der Waals surface area contributed by atoms with Crippen LogP contribution in [0.25, 0.3) is 0 Å². The Hall–Kier alpha value is -2.67. The molecular weight excluding hydrogens is 430 g/mol. The molecule has 3 aromatic carbocycles. The van der Waals surface area contributed by atoms with Crippen LogP contribution >= 0.6 is 0 Å². The molecule has 2 unspecified atom stereocenters. The molecule has 3 aromatic rings. The fraction of sp³-hybridized carbons (Fsp3) is 0.387. The first-order valence-electron chi connectivity index (χ1n) is 12.5. The fourth-order valence-corrected chi connectivity index (χ4v) is 11.4. The van der Waals surface area contributed by atoms with Gasteiger partial charge in [-0.25, -0.2) is 0 Å². The molecule has 34 heavy (non-hydrogen) atoms. The third kappa shape index (κ3) is 5.35. The molecule has 3 rings (SSSR count). The first kappa shape index (κ1) is 25.9. The van der Waals surface area contributed by atoms with Crippen LogP contribution in [0.5, 0.6) is 0 Å². The maximum absolute atomic E-state index is 10.7. The highest BCUT2D eigenvalue weighted by Crippen LogP contribution is 2.49. The summed E-state index contributed by atoms with van der Waals surface area (Å²) in [6, 6.07) is 34.0. The maximum atomic E-state index is 10.7. The molecule has 0 aromatic heterocycles. The Morgan fingerprint density at radius 1 is 0.588 bits per heavy atom. The minimum atomic E-state index is -2.25. The van der Waals surface area contributed by atoms with E-state index in [2.05, 4.69) is 120 Å². The number of nitrogens with zero attached hydrogens (tertiary/aromatic N) is 1. The van der Waals surface area contributed by atoms with E-state index in [4.69, 9.17) is 4.43 Å². The average molecular weight is 470 g/mol. The quantitative estimate of drug-likeness (QED) is 0.278. The Balaban J connectivity index is 2.22. The van der Waals surface area contributed by atoms with E-state index in [1.807, 2.05) is 18.2 Å². The van der Waals surface area contributed by atoms with Gasteiger partial charge in [-0.3, -0.25) is 0 Å². The van der Waals surface area contributed by atoms with Gasteiger partial charge in [0.25, 0.3) is 0 Å². The molecule has 0 saturated carbocycles. The van der Waals surface area contributed by atoms with Gasteiger partial charge in [-0.1, -0.05) is 133 Å². The van der Waals surface area contributed by atoms with Crippen LogP contribution in [0.4, 0.5) is 0 Å². The summed E-state index contributed by atoms with van der Waals surface area (Å²) in [5.41, 5.74) is 4.69. The molecule has 0 spiro atoms. The summed E-state index contributed by atoms with van der Waals surface area (Å²) in [4.78, 5) is 0. The van der Waals surface area contributed by atoms with Gasteiger partial charge >= 0.3 is 0 Å². The van der Waals surface area contributed by atoms with Crippen molar-refractivity contribution in [2.24, 2.45) is 5.92 Å². The normalized spacial score (nSPS) is 13.9. The van der Waals surface area contributed by atoms with Crippen molar-refractivity contribution >= 4 is 8.32 Å².